The molecule has 0 amide bonds. The van der Waals surface area contributed by atoms with E-state index in [9.17, 15) is 0 Å². The van der Waals surface area contributed by atoms with Crippen molar-refractivity contribution in [2.45, 2.75) is 38.3 Å². The first-order chi connectivity index (χ1) is 10.1. The van der Waals surface area contributed by atoms with Gasteiger partial charge in [-0.25, -0.2) is 0 Å². The van der Waals surface area contributed by atoms with Crippen LogP contribution in [0.3, 0.4) is 0 Å². The summed E-state index contributed by atoms with van der Waals surface area (Å²) in [5.74, 6) is 5.96. The average molecular weight is 284 g/mol. The maximum Gasteiger partial charge on any atom is 0.0644 e. The molecule has 0 radical (unpaired) electrons. The van der Waals surface area contributed by atoms with Crippen molar-refractivity contribution in [3.05, 3.63) is 42.2 Å². The molecule has 3 rings (SSSR count). The number of likely N-dealkylation sites (tertiary alicyclic amines) is 1. The average Bonchev–Trinajstić information content (AvgIpc) is 3.03. The number of rotatable bonds is 4. The quantitative estimate of drug-likeness (QED) is 0.669. The van der Waals surface area contributed by atoms with Gasteiger partial charge in [0.2, 0.25) is 0 Å². The van der Waals surface area contributed by atoms with Crippen molar-refractivity contribution >= 4 is 10.8 Å². The van der Waals surface area contributed by atoms with E-state index in [0.29, 0.717) is 0 Å². The van der Waals surface area contributed by atoms with Crippen LogP contribution in [0.25, 0.3) is 10.8 Å². The highest BCUT2D eigenvalue weighted by atomic mass is 15.3. The summed E-state index contributed by atoms with van der Waals surface area (Å²) in [7, 11) is 0. The van der Waals surface area contributed by atoms with Gasteiger partial charge in [0, 0.05) is 23.3 Å². The van der Waals surface area contributed by atoms with Gasteiger partial charge in [-0.3, -0.25) is 21.2 Å². The first-order valence-electron chi connectivity index (χ1n) is 7.68. The van der Waals surface area contributed by atoms with E-state index >= 15 is 0 Å². The lowest BCUT2D eigenvalue weighted by atomic mass is 9.85. The Labute approximate surface area is 126 Å². The molecule has 1 unspecified atom stereocenters. The summed E-state index contributed by atoms with van der Waals surface area (Å²) in [6.07, 6.45) is 6.32. The third kappa shape index (κ3) is 2.55. The monoisotopic (exact) mass is 284 g/mol. The smallest absolute Gasteiger partial charge is 0.0644 e. The maximum absolute atomic E-state index is 5.96. The van der Waals surface area contributed by atoms with Crippen molar-refractivity contribution in [3.8, 4) is 0 Å². The van der Waals surface area contributed by atoms with Crippen molar-refractivity contribution in [2.75, 3.05) is 13.1 Å². The van der Waals surface area contributed by atoms with Crippen LogP contribution in [0.15, 0.2) is 36.7 Å². The number of nitrogens with one attached hydrogen (secondary N) is 1. The number of aromatic nitrogens is 1. The van der Waals surface area contributed by atoms with E-state index < -0.39 is 0 Å². The first-order valence-corrected chi connectivity index (χ1v) is 7.68. The van der Waals surface area contributed by atoms with Crippen molar-refractivity contribution < 1.29 is 0 Å². The highest BCUT2D eigenvalue weighted by Crippen LogP contribution is 2.35. The Morgan fingerprint density at radius 1 is 1.24 bits per heavy atom. The second kappa shape index (κ2) is 5.72. The Balaban J connectivity index is 2.05. The van der Waals surface area contributed by atoms with E-state index in [-0.39, 0.29) is 11.6 Å². The number of hydrogen-bond donors (Lipinski definition) is 2. The van der Waals surface area contributed by atoms with Crippen LogP contribution in [-0.4, -0.2) is 28.5 Å². The van der Waals surface area contributed by atoms with Crippen molar-refractivity contribution in [1.29, 1.82) is 0 Å². The second-order valence-electron chi connectivity index (χ2n) is 6.39. The summed E-state index contributed by atoms with van der Waals surface area (Å²) in [5, 5.41) is 2.38. The third-order valence-electron chi connectivity index (χ3n) is 4.82. The van der Waals surface area contributed by atoms with Crippen molar-refractivity contribution in [3.63, 3.8) is 0 Å². The number of hydrogen-bond acceptors (Lipinski definition) is 4. The van der Waals surface area contributed by atoms with Gasteiger partial charge < -0.3 is 0 Å². The molecule has 1 aliphatic heterocycles. The minimum atomic E-state index is -0.0250. The number of nitrogens with zero attached hydrogens (tertiary/aromatic N) is 2. The number of hydrazine groups is 1. The fraction of sp³-hybridized carbons (Fsp3) is 0.471. The van der Waals surface area contributed by atoms with Crippen LogP contribution in [-0.2, 0) is 0 Å². The summed E-state index contributed by atoms with van der Waals surface area (Å²) in [5.41, 5.74) is 4.29. The Hall–Kier alpha value is -1.49. The zero-order valence-corrected chi connectivity index (χ0v) is 12.8. The molecule has 1 aliphatic rings. The van der Waals surface area contributed by atoms with Gasteiger partial charge in [0.25, 0.3) is 0 Å². The third-order valence-corrected chi connectivity index (χ3v) is 4.82. The minimum absolute atomic E-state index is 0.0250. The van der Waals surface area contributed by atoms with E-state index in [1.807, 2.05) is 12.4 Å². The van der Waals surface area contributed by atoms with Crippen LogP contribution in [0.4, 0.5) is 0 Å². The molecule has 3 N–H and O–H groups in total. The van der Waals surface area contributed by atoms with Gasteiger partial charge in [-0.15, -0.1) is 0 Å². The van der Waals surface area contributed by atoms with Crippen LogP contribution in [0.1, 0.15) is 38.3 Å². The molecule has 0 saturated carbocycles. The van der Waals surface area contributed by atoms with E-state index in [4.69, 9.17) is 5.84 Å². The number of fused-ring (bicyclic) bond motifs is 1. The summed E-state index contributed by atoms with van der Waals surface area (Å²) in [6.45, 7) is 6.86. The zero-order chi connectivity index (χ0) is 14.9. The second-order valence-corrected chi connectivity index (χ2v) is 6.39. The van der Waals surface area contributed by atoms with Gasteiger partial charge in [0.05, 0.1) is 6.04 Å². The molecule has 4 heteroatoms. The van der Waals surface area contributed by atoms with Gasteiger partial charge in [0.1, 0.15) is 0 Å². The SMILES string of the molecule is CC(C)(C(NN)c1cccc2cnccc12)N1CCCC1. The molecule has 1 atom stereocenters. The Bertz CT molecular complexity index is 612. The van der Waals surface area contributed by atoms with E-state index in [2.05, 4.69) is 53.4 Å². The molecule has 0 bridgehead atoms. The predicted molar refractivity (Wildman–Crippen MR) is 86.7 cm³/mol. The molecular weight excluding hydrogens is 260 g/mol. The maximum atomic E-state index is 5.96. The molecule has 2 heterocycles. The normalized spacial score (nSPS) is 18.2. The number of pyridine rings is 1. The van der Waals surface area contributed by atoms with Gasteiger partial charge in [0.15, 0.2) is 0 Å². The van der Waals surface area contributed by atoms with Gasteiger partial charge in [-0.2, -0.15) is 0 Å². The highest BCUT2D eigenvalue weighted by Gasteiger charge is 2.37. The Morgan fingerprint density at radius 2 is 2.00 bits per heavy atom. The summed E-state index contributed by atoms with van der Waals surface area (Å²) < 4.78 is 0. The fourth-order valence-electron chi connectivity index (χ4n) is 3.55. The van der Waals surface area contributed by atoms with Crippen LogP contribution in [0.2, 0.25) is 0 Å². The molecule has 1 fully saturated rings. The fourth-order valence-corrected chi connectivity index (χ4v) is 3.55. The van der Waals surface area contributed by atoms with Gasteiger partial charge >= 0.3 is 0 Å². The van der Waals surface area contributed by atoms with Crippen molar-refractivity contribution in [2.24, 2.45) is 5.84 Å². The molecular formula is C17H24N4. The van der Waals surface area contributed by atoms with Gasteiger partial charge in [-0.1, -0.05) is 18.2 Å². The topological polar surface area (TPSA) is 54.2 Å². The summed E-state index contributed by atoms with van der Waals surface area (Å²) >= 11 is 0. The lowest BCUT2D eigenvalue weighted by Gasteiger charge is -2.42. The first kappa shape index (κ1) is 14.4. The minimum Gasteiger partial charge on any atom is -0.296 e. The molecule has 1 aromatic carbocycles. The largest absolute Gasteiger partial charge is 0.296 e. The highest BCUT2D eigenvalue weighted by molar-refractivity contribution is 5.85. The predicted octanol–water partition coefficient (Wildman–Crippen LogP) is 2.61. The Morgan fingerprint density at radius 3 is 2.71 bits per heavy atom. The molecule has 2 aromatic rings. The molecule has 1 aromatic heterocycles. The van der Waals surface area contributed by atoms with Crippen molar-refractivity contribution in [1.82, 2.24) is 15.3 Å². The molecule has 0 spiro atoms. The van der Waals surface area contributed by atoms with Crippen LogP contribution in [0.5, 0.6) is 0 Å². The van der Waals surface area contributed by atoms with E-state index in [1.54, 1.807) is 0 Å². The number of nitrogens with two attached hydrogens (primary N) is 1. The molecule has 4 nitrogen and oxygen atoms in total. The Kier molecular flexibility index (Phi) is 3.93. The van der Waals surface area contributed by atoms with Crippen LogP contribution >= 0.6 is 0 Å². The summed E-state index contributed by atoms with van der Waals surface area (Å²) in [6, 6.07) is 8.52. The van der Waals surface area contributed by atoms with Gasteiger partial charge in [-0.05, 0) is 56.8 Å². The lowest BCUT2D eigenvalue weighted by molar-refractivity contribution is 0.107. The molecule has 112 valence electrons. The molecule has 0 aliphatic carbocycles. The van der Waals surface area contributed by atoms with E-state index in [0.717, 1.165) is 18.5 Å². The molecule has 1 saturated heterocycles. The van der Waals surface area contributed by atoms with E-state index in [1.165, 1.54) is 23.8 Å². The lowest BCUT2D eigenvalue weighted by Crippen LogP contribution is -2.53. The van der Waals surface area contributed by atoms with Crippen LogP contribution < -0.4 is 11.3 Å². The zero-order valence-electron chi connectivity index (χ0n) is 12.8. The molecule has 21 heavy (non-hydrogen) atoms. The van der Waals surface area contributed by atoms with Crippen LogP contribution in [0, 0.1) is 0 Å². The number of benzene rings is 1. The standard InChI is InChI=1S/C17H24N4/c1-17(2,21-10-3-4-11-21)16(20-18)15-7-5-6-13-12-19-9-8-14(13)15/h5-9,12,16,20H,3-4,10-11,18H2,1-2H3. The summed E-state index contributed by atoms with van der Waals surface area (Å²) in [4.78, 5) is 6.76.